The van der Waals surface area contributed by atoms with Crippen LogP contribution in [0.2, 0.25) is 0 Å². The molecule has 1 aromatic rings. The molecule has 0 aliphatic carbocycles. The predicted molar refractivity (Wildman–Crippen MR) is 92.7 cm³/mol. The highest BCUT2D eigenvalue weighted by Crippen LogP contribution is 2.21. The predicted octanol–water partition coefficient (Wildman–Crippen LogP) is 2.98. The zero-order valence-electron chi connectivity index (χ0n) is 12.2. The molecule has 1 aromatic carbocycles. The molecule has 3 N–H and O–H groups in total. The average molecular weight is 428 g/mol. The summed E-state index contributed by atoms with van der Waals surface area (Å²) in [6, 6.07) is 7.45. The number of aliphatic imine (C=N–C) groups is 1. The number of benzene rings is 1. The van der Waals surface area contributed by atoms with Gasteiger partial charge < -0.3 is 11.1 Å². The first kappa shape index (κ1) is 19.0. The number of guanidine groups is 1. The molecule has 124 valence electrons. The summed E-state index contributed by atoms with van der Waals surface area (Å²) in [4.78, 5) is 5.60. The van der Waals surface area contributed by atoms with E-state index < -0.39 is 12.7 Å². The lowest BCUT2D eigenvalue weighted by Gasteiger charge is -2.17. The van der Waals surface area contributed by atoms with Gasteiger partial charge in [-0.15, -0.1) is 24.0 Å². The van der Waals surface area contributed by atoms with Gasteiger partial charge in [0.15, 0.2) is 5.96 Å². The van der Waals surface area contributed by atoms with Gasteiger partial charge in [-0.2, -0.15) is 13.2 Å². The van der Waals surface area contributed by atoms with E-state index in [1.165, 1.54) is 4.90 Å². The Hall–Kier alpha value is -1.03. The molecule has 2 rings (SSSR count). The molecule has 4 nitrogen and oxygen atoms in total. The van der Waals surface area contributed by atoms with Crippen molar-refractivity contribution < 1.29 is 13.2 Å². The molecule has 8 heteroatoms. The van der Waals surface area contributed by atoms with Crippen LogP contribution in [-0.4, -0.2) is 42.7 Å². The van der Waals surface area contributed by atoms with Crippen LogP contribution in [0.5, 0.6) is 0 Å². The zero-order valence-corrected chi connectivity index (χ0v) is 14.6. The number of aryl methyl sites for hydroxylation is 1. The van der Waals surface area contributed by atoms with Crippen LogP contribution < -0.4 is 11.1 Å². The van der Waals surface area contributed by atoms with Gasteiger partial charge in [-0.3, -0.25) is 4.90 Å². The van der Waals surface area contributed by atoms with Crippen molar-refractivity contribution in [2.45, 2.75) is 25.6 Å². The SMILES string of the molecule is Cc1ccc(NC(N)=NC2CCN(CC(F)(F)F)C2)cc1.I. The van der Waals surface area contributed by atoms with Gasteiger partial charge in [-0.1, -0.05) is 17.7 Å². The third kappa shape index (κ3) is 6.39. The van der Waals surface area contributed by atoms with Crippen molar-refractivity contribution in [3.63, 3.8) is 0 Å². The average Bonchev–Trinajstić information content (AvgIpc) is 2.77. The topological polar surface area (TPSA) is 53.6 Å². The van der Waals surface area contributed by atoms with Crippen LogP contribution in [-0.2, 0) is 0 Å². The lowest BCUT2D eigenvalue weighted by atomic mass is 10.2. The number of nitrogens with one attached hydrogen (secondary N) is 1. The first-order valence-corrected chi connectivity index (χ1v) is 6.78. The summed E-state index contributed by atoms with van der Waals surface area (Å²) in [5.74, 6) is 0.234. The molecule has 0 saturated carbocycles. The standard InChI is InChI=1S/C14H19F3N4.HI/c1-10-2-4-11(5-3-10)19-13(18)20-12-6-7-21(8-12)9-14(15,16)17;/h2-5,12H,6-9H2,1H3,(H3,18,19,20);1H. The van der Waals surface area contributed by atoms with Crippen LogP contribution in [0.3, 0.4) is 0 Å². The summed E-state index contributed by atoms with van der Waals surface area (Å²) in [5, 5.41) is 2.95. The van der Waals surface area contributed by atoms with Crippen LogP contribution in [0, 0.1) is 6.92 Å². The Morgan fingerprint density at radius 3 is 2.59 bits per heavy atom. The summed E-state index contributed by atoms with van der Waals surface area (Å²) in [5.41, 5.74) is 7.74. The maximum Gasteiger partial charge on any atom is 0.401 e. The minimum absolute atomic E-state index is 0. The summed E-state index contributed by atoms with van der Waals surface area (Å²) in [6.45, 7) is 1.78. The van der Waals surface area contributed by atoms with Crippen molar-refractivity contribution in [3.05, 3.63) is 29.8 Å². The molecule has 1 atom stereocenters. The molecule has 1 aliphatic heterocycles. The van der Waals surface area contributed by atoms with E-state index in [1.807, 2.05) is 31.2 Å². The fourth-order valence-electron chi connectivity index (χ4n) is 2.33. The van der Waals surface area contributed by atoms with Crippen molar-refractivity contribution in [2.24, 2.45) is 10.7 Å². The number of alkyl halides is 3. The molecule has 0 bridgehead atoms. The summed E-state index contributed by atoms with van der Waals surface area (Å²) >= 11 is 0. The van der Waals surface area contributed by atoms with Crippen LogP contribution in [0.1, 0.15) is 12.0 Å². The summed E-state index contributed by atoms with van der Waals surface area (Å²) in [7, 11) is 0. The third-order valence-electron chi connectivity index (χ3n) is 3.30. The van der Waals surface area contributed by atoms with Crippen molar-refractivity contribution in [3.8, 4) is 0 Å². The highest BCUT2D eigenvalue weighted by Gasteiger charge is 2.34. The number of hydrogen-bond donors (Lipinski definition) is 2. The van der Waals surface area contributed by atoms with Crippen LogP contribution in [0.4, 0.5) is 18.9 Å². The first-order valence-electron chi connectivity index (χ1n) is 6.78. The minimum Gasteiger partial charge on any atom is -0.370 e. The lowest BCUT2D eigenvalue weighted by molar-refractivity contribution is -0.143. The second kappa shape index (κ2) is 8.00. The normalized spacial score (nSPS) is 19.8. The van der Waals surface area contributed by atoms with Gasteiger partial charge in [-0.05, 0) is 25.5 Å². The molecule has 0 spiro atoms. The fourth-order valence-corrected chi connectivity index (χ4v) is 2.33. The van der Waals surface area contributed by atoms with Gasteiger partial charge >= 0.3 is 6.18 Å². The Bertz CT molecular complexity index is 502. The second-order valence-corrected chi connectivity index (χ2v) is 5.30. The van der Waals surface area contributed by atoms with E-state index in [0.29, 0.717) is 13.0 Å². The van der Waals surface area contributed by atoms with Crippen molar-refractivity contribution in [2.75, 3.05) is 25.0 Å². The molecule has 22 heavy (non-hydrogen) atoms. The van der Waals surface area contributed by atoms with E-state index in [1.54, 1.807) is 0 Å². The molecule has 1 heterocycles. The van der Waals surface area contributed by atoms with Gasteiger partial charge in [0.2, 0.25) is 0 Å². The number of halogens is 4. The van der Waals surface area contributed by atoms with E-state index in [9.17, 15) is 13.2 Å². The second-order valence-electron chi connectivity index (χ2n) is 5.30. The van der Waals surface area contributed by atoms with Crippen molar-refractivity contribution in [1.29, 1.82) is 0 Å². The van der Waals surface area contributed by atoms with Crippen LogP contribution in [0.15, 0.2) is 29.3 Å². The molecule has 0 radical (unpaired) electrons. The fraction of sp³-hybridized carbons (Fsp3) is 0.500. The van der Waals surface area contributed by atoms with E-state index in [2.05, 4.69) is 10.3 Å². The Morgan fingerprint density at radius 2 is 2.00 bits per heavy atom. The van der Waals surface area contributed by atoms with E-state index >= 15 is 0 Å². The molecular weight excluding hydrogens is 408 g/mol. The van der Waals surface area contributed by atoms with E-state index in [-0.39, 0.29) is 42.5 Å². The first-order chi connectivity index (χ1) is 9.82. The number of anilines is 1. The Balaban J connectivity index is 0.00000242. The molecule has 1 saturated heterocycles. The monoisotopic (exact) mass is 428 g/mol. The highest BCUT2D eigenvalue weighted by molar-refractivity contribution is 14.0. The molecular formula is C14H20F3IN4. The number of hydrogen-bond acceptors (Lipinski definition) is 2. The summed E-state index contributed by atoms with van der Waals surface area (Å²) < 4.78 is 36.9. The van der Waals surface area contributed by atoms with Crippen LogP contribution >= 0.6 is 24.0 Å². The number of nitrogens with zero attached hydrogens (tertiary/aromatic N) is 2. The maximum atomic E-state index is 12.3. The van der Waals surface area contributed by atoms with Gasteiger partial charge in [0, 0.05) is 18.8 Å². The number of nitrogens with two attached hydrogens (primary N) is 1. The smallest absolute Gasteiger partial charge is 0.370 e. The quantitative estimate of drug-likeness (QED) is 0.442. The molecule has 0 amide bonds. The van der Waals surface area contributed by atoms with Gasteiger partial charge in [0.1, 0.15) is 0 Å². The highest BCUT2D eigenvalue weighted by atomic mass is 127. The number of likely N-dealkylation sites (tertiary alicyclic amines) is 1. The molecule has 1 unspecified atom stereocenters. The molecule has 1 fully saturated rings. The Kier molecular flexibility index (Phi) is 6.92. The van der Waals surface area contributed by atoms with Crippen LogP contribution in [0.25, 0.3) is 0 Å². The minimum atomic E-state index is -4.16. The van der Waals surface area contributed by atoms with Crippen molar-refractivity contribution in [1.82, 2.24) is 4.90 Å². The lowest BCUT2D eigenvalue weighted by Crippen LogP contribution is -2.33. The Morgan fingerprint density at radius 1 is 1.36 bits per heavy atom. The molecule has 0 aromatic heterocycles. The van der Waals surface area contributed by atoms with Gasteiger partial charge in [0.05, 0.1) is 12.6 Å². The van der Waals surface area contributed by atoms with E-state index in [4.69, 9.17) is 5.73 Å². The third-order valence-corrected chi connectivity index (χ3v) is 3.30. The van der Waals surface area contributed by atoms with Gasteiger partial charge in [-0.25, -0.2) is 4.99 Å². The largest absolute Gasteiger partial charge is 0.401 e. The summed E-state index contributed by atoms with van der Waals surface area (Å²) in [6.07, 6.45) is -3.57. The maximum absolute atomic E-state index is 12.3. The number of rotatable bonds is 3. The van der Waals surface area contributed by atoms with Crippen molar-refractivity contribution >= 4 is 35.6 Å². The Labute approximate surface area is 145 Å². The van der Waals surface area contributed by atoms with E-state index in [0.717, 1.165) is 11.3 Å². The van der Waals surface area contributed by atoms with Gasteiger partial charge in [0.25, 0.3) is 0 Å². The molecule has 1 aliphatic rings. The zero-order chi connectivity index (χ0) is 15.5.